The van der Waals surface area contributed by atoms with Gasteiger partial charge < -0.3 is 10.2 Å². The lowest BCUT2D eigenvalue weighted by molar-refractivity contribution is -0.141. The Labute approximate surface area is 233 Å². The highest BCUT2D eigenvalue weighted by molar-refractivity contribution is 7.90. The number of fused-ring (bicyclic) bond motifs is 1. The highest BCUT2D eigenvalue weighted by Gasteiger charge is 2.41. The molecule has 8 nitrogen and oxygen atoms in total. The van der Waals surface area contributed by atoms with Gasteiger partial charge in [-0.1, -0.05) is 66.2 Å². The summed E-state index contributed by atoms with van der Waals surface area (Å²) in [6.45, 7) is 3.43. The molecule has 0 bridgehead atoms. The van der Waals surface area contributed by atoms with E-state index in [2.05, 4.69) is 5.32 Å². The van der Waals surface area contributed by atoms with E-state index in [1.54, 1.807) is 36.4 Å². The van der Waals surface area contributed by atoms with Gasteiger partial charge in [0.25, 0.3) is 15.9 Å². The van der Waals surface area contributed by atoms with Crippen molar-refractivity contribution < 1.29 is 22.8 Å². The predicted molar refractivity (Wildman–Crippen MR) is 148 cm³/mol. The molecule has 0 spiro atoms. The molecule has 0 aromatic heterocycles. The van der Waals surface area contributed by atoms with E-state index in [0.717, 1.165) is 15.4 Å². The van der Waals surface area contributed by atoms with Crippen molar-refractivity contribution in [2.45, 2.75) is 50.2 Å². The van der Waals surface area contributed by atoms with E-state index in [9.17, 15) is 22.8 Å². The maximum Gasteiger partial charge on any atom is 0.269 e. The zero-order chi connectivity index (χ0) is 28.2. The van der Waals surface area contributed by atoms with E-state index in [-0.39, 0.29) is 48.3 Å². The number of carbonyl (C=O) groups excluding carboxylic acids is 3. The van der Waals surface area contributed by atoms with E-state index in [0.29, 0.717) is 5.02 Å². The summed E-state index contributed by atoms with van der Waals surface area (Å²) in [5.41, 5.74) is 1.70. The summed E-state index contributed by atoms with van der Waals surface area (Å²) in [5, 5.41) is 3.44. The Hall–Kier alpha value is -3.69. The van der Waals surface area contributed by atoms with Crippen LogP contribution < -0.4 is 5.32 Å². The summed E-state index contributed by atoms with van der Waals surface area (Å²) in [7, 11) is -4.06. The van der Waals surface area contributed by atoms with Gasteiger partial charge in [0.05, 0.1) is 5.56 Å². The minimum atomic E-state index is -4.06. The van der Waals surface area contributed by atoms with Gasteiger partial charge in [0, 0.05) is 37.0 Å². The summed E-state index contributed by atoms with van der Waals surface area (Å²) < 4.78 is 26.7. The fraction of sp³-hybridized carbons (Fsp3) is 0.276. The second-order valence-electron chi connectivity index (χ2n) is 9.65. The molecular formula is C29H30ClN3O5S. The maximum absolute atomic E-state index is 13.8. The SMILES string of the molecule is CC(C)NC(=O)[C@@H](Cc1ccccc1)N(Cc1ccc(Cl)cc1)C(=O)CCN1C(=O)c2ccccc2S1(=O)=O. The highest BCUT2D eigenvalue weighted by atomic mass is 35.5. The summed E-state index contributed by atoms with van der Waals surface area (Å²) in [5.74, 6) is -1.45. The van der Waals surface area contributed by atoms with E-state index in [1.807, 2.05) is 44.2 Å². The number of amides is 3. The van der Waals surface area contributed by atoms with Crippen molar-refractivity contribution in [1.29, 1.82) is 0 Å². The van der Waals surface area contributed by atoms with Crippen LogP contribution in [0.2, 0.25) is 5.02 Å². The first-order valence-electron chi connectivity index (χ1n) is 12.6. The fourth-order valence-corrected chi connectivity index (χ4v) is 6.21. The molecule has 0 aliphatic carbocycles. The molecule has 0 fully saturated rings. The van der Waals surface area contributed by atoms with E-state index in [1.165, 1.54) is 17.0 Å². The van der Waals surface area contributed by atoms with Crippen LogP contribution in [0, 0.1) is 0 Å². The smallest absolute Gasteiger partial charge is 0.269 e. The first-order valence-corrected chi connectivity index (χ1v) is 14.4. The van der Waals surface area contributed by atoms with Gasteiger partial charge in [0.1, 0.15) is 10.9 Å². The molecule has 0 radical (unpaired) electrons. The Bertz CT molecular complexity index is 1460. The predicted octanol–water partition coefficient (Wildman–Crippen LogP) is 4.04. The summed E-state index contributed by atoms with van der Waals surface area (Å²) >= 11 is 6.05. The van der Waals surface area contributed by atoms with Gasteiger partial charge in [-0.05, 0) is 49.2 Å². The highest BCUT2D eigenvalue weighted by Crippen LogP contribution is 2.30. The molecule has 1 aliphatic heterocycles. The third-order valence-electron chi connectivity index (χ3n) is 6.41. The van der Waals surface area contributed by atoms with Crippen molar-refractivity contribution in [2.75, 3.05) is 6.54 Å². The standard InChI is InChI=1S/C29H30ClN3O5S/c1-20(2)31-28(35)25(18-21-8-4-3-5-9-21)32(19-22-12-14-23(30)15-13-22)27(34)16-17-33-29(36)24-10-6-7-11-26(24)39(33,37)38/h3-15,20,25H,16-19H2,1-2H3,(H,31,35)/t25-/m1/s1. The second-order valence-corrected chi connectivity index (χ2v) is 11.9. The molecule has 3 aromatic rings. The normalized spacial score (nSPS) is 14.7. The maximum atomic E-state index is 13.8. The van der Waals surface area contributed by atoms with Crippen LogP contribution in [0.4, 0.5) is 0 Å². The first kappa shape index (κ1) is 28.3. The number of hydrogen-bond acceptors (Lipinski definition) is 5. The molecule has 1 aliphatic rings. The van der Waals surface area contributed by atoms with Crippen molar-refractivity contribution in [3.05, 3.63) is 101 Å². The Morgan fingerprint density at radius 2 is 1.56 bits per heavy atom. The molecule has 0 saturated carbocycles. The molecular weight excluding hydrogens is 538 g/mol. The lowest BCUT2D eigenvalue weighted by atomic mass is 10.0. The third kappa shape index (κ3) is 6.49. The molecule has 3 aromatic carbocycles. The monoisotopic (exact) mass is 567 g/mol. The lowest BCUT2D eigenvalue weighted by Crippen LogP contribution is -2.52. The van der Waals surface area contributed by atoms with Crippen molar-refractivity contribution in [3.8, 4) is 0 Å². The van der Waals surface area contributed by atoms with Crippen LogP contribution in [-0.2, 0) is 32.6 Å². The Morgan fingerprint density at radius 1 is 0.923 bits per heavy atom. The van der Waals surface area contributed by atoms with Gasteiger partial charge >= 0.3 is 0 Å². The number of nitrogens with one attached hydrogen (secondary N) is 1. The van der Waals surface area contributed by atoms with Crippen LogP contribution in [0.15, 0.2) is 83.8 Å². The Kier molecular flexibility index (Phi) is 8.72. The van der Waals surface area contributed by atoms with Crippen LogP contribution in [-0.4, -0.2) is 54.0 Å². The molecule has 0 unspecified atom stereocenters. The first-order chi connectivity index (χ1) is 18.6. The number of carbonyl (C=O) groups is 3. The van der Waals surface area contributed by atoms with Gasteiger partial charge in [-0.25, -0.2) is 12.7 Å². The number of halogens is 1. The van der Waals surface area contributed by atoms with E-state index >= 15 is 0 Å². The van der Waals surface area contributed by atoms with Crippen LogP contribution in [0.5, 0.6) is 0 Å². The molecule has 1 heterocycles. The molecule has 1 atom stereocenters. The van der Waals surface area contributed by atoms with Gasteiger partial charge in [-0.15, -0.1) is 0 Å². The minimum absolute atomic E-state index is 0.0706. The van der Waals surface area contributed by atoms with Gasteiger partial charge in [-0.3, -0.25) is 14.4 Å². The number of benzene rings is 3. The number of sulfonamides is 1. The Morgan fingerprint density at radius 3 is 2.21 bits per heavy atom. The van der Waals surface area contributed by atoms with Crippen LogP contribution >= 0.6 is 11.6 Å². The van der Waals surface area contributed by atoms with Crippen molar-refractivity contribution in [3.63, 3.8) is 0 Å². The van der Waals surface area contributed by atoms with Gasteiger partial charge in [-0.2, -0.15) is 0 Å². The molecule has 1 N–H and O–H groups in total. The van der Waals surface area contributed by atoms with Crippen LogP contribution in [0.3, 0.4) is 0 Å². The van der Waals surface area contributed by atoms with Crippen LogP contribution in [0.1, 0.15) is 41.8 Å². The third-order valence-corrected chi connectivity index (χ3v) is 8.50. The second kappa shape index (κ2) is 12.0. The molecule has 3 amide bonds. The van der Waals surface area contributed by atoms with Crippen molar-refractivity contribution in [1.82, 2.24) is 14.5 Å². The van der Waals surface area contributed by atoms with E-state index < -0.39 is 27.9 Å². The minimum Gasteiger partial charge on any atom is -0.352 e. The number of nitrogens with zero attached hydrogens (tertiary/aromatic N) is 2. The Balaban J connectivity index is 1.63. The summed E-state index contributed by atoms with van der Waals surface area (Å²) in [6, 6.07) is 21.2. The molecule has 204 valence electrons. The van der Waals surface area contributed by atoms with E-state index in [4.69, 9.17) is 11.6 Å². The number of hydrogen-bond donors (Lipinski definition) is 1. The molecule has 39 heavy (non-hydrogen) atoms. The van der Waals surface area contributed by atoms with Crippen molar-refractivity contribution in [2.24, 2.45) is 0 Å². The lowest BCUT2D eigenvalue weighted by Gasteiger charge is -2.32. The van der Waals surface area contributed by atoms with Gasteiger partial charge in [0.15, 0.2) is 0 Å². The molecule has 10 heteroatoms. The van der Waals surface area contributed by atoms with Gasteiger partial charge in [0.2, 0.25) is 11.8 Å². The zero-order valence-corrected chi connectivity index (χ0v) is 23.3. The summed E-state index contributed by atoms with van der Waals surface area (Å²) in [6.07, 6.45) is -0.0299. The largest absolute Gasteiger partial charge is 0.352 e. The molecule has 0 saturated heterocycles. The van der Waals surface area contributed by atoms with Crippen molar-refractivity contribution >= 4 is 39.3 Å². The quantitative estimate of drug-likeness (QED) is 0.398. The summed E-state index contributed by atoms with van der Waals surface area (Å²) in [4.78, 5) is 41.4. The average molecular weight is 568 g/mol. The average Bonchev–Trinajstić information content (AvgIpc) is 3.10. The molecule has 4 rings (SSSR count). The topological polar surface area (TPSA) is 104 Å². The fourth-order valence-electron chi connectivity index (χ4n) is 4.51. The number of rotatable bonds is 10. The van der Waals surface area contributed by atoms with Crippen LogP contribution in [0.25, 0.3) is 0 Å². The zero-order valence-electron chi connectivity index (χ0n) is 21.7.